The Labute approximate surface area is 216 Å². The highest BCUT2D eigenvalue weighted by atomic mass is 35.5. The maximum absolute atomic E-state index is 14.7. The van der Waals surface area contributed by atoms with Gasteiger partial charge in [0.15, 0.2) is 0 Å². The van der Waals surface area contributed by atoms with Crippen molar-refractivity contribution in [3.05, 3.63) is 76.1 Å². The van der Waals surface area contributed by atoms with Crippen LogP contribution in [0.25, 0.3) is 0 Å². The fraction of sp³-hybridized carbons (Fsp3) is 0.346. The second kappa shape index (κ2) is 9.41. The first-order valence-electron chi connectivity index (χ1n) is 11.7. The highest BCUT2D eigenvalue weighted by Gasteiger charge is 2.50. The minimum atomic E-state index is -0.811. The molecule has 2 aromatic carbocycles. The predicted octanol–water partition coefficient (Wildman–Crippen LogP) is 5.30. The summed E-state index contributed by atoms with van der Waals surface area (Å²) in [5, 5.41) is 2.65. The van der Waals surface area contributed by atoms with Gasteiger partial charge in [-0.2, -0.15) is 0 Å². The number of rotatable bonds is 5. The second-order valence-electron chi connectivity index (χ2n) is 9.75. The Morgan fingerprint density at radius 3 is 2.49 bits per heavy atom. The molecule has 1 saturated heterocycles. The van der Waals surface area contributed by atoms with Gasteiger partial charge >= 0.3 is 5.97 Å². The summed E-state index contributed by atoms with van der Waals surface area (Å²) >= 11 is 5.83. The van der Waals surface area contributed by atoms with Gasteiger partial charge < -0.3 is 19.5 Å². The van der Waals surface area contributed by atoms with E-state index in [1.807, 2.05) is 0 Å². The van der Waals surface area contributed by atoms with Gasteiger partial charge in [-0.3, -0.25) is 4.79 Å². The van der Waals surface area contributed by atoms with Gasteiger partial charge in [0.1, 0.15) is 28.8 Å². The lowest BCUT2D eigenvalue weighted by Gasteiger charge is -2.50. The number of hydrogen-bond donors (Lipinski definition) is 1. The molecule has 11 heteroatoms. The first kappa shape index (κ1) is 25.1. The van der Waals surface area contributed by atoms with Crippen molar-refractivity contribution in [1.29, 1.82) is 0 Å². The lowest BCUT2D eigenvalue weighted by atomic mass is 9.77. The van der Waals surface area contributed by atoms with Crippen molar-refractivity contribution in [1.82, 2.24) is 9.55 Å². The van der Waals surface area contributed by atoms with Gasteiger partial charge in [0.2, 0.25) is 0 Å². The van der Waals surface area contributed by atoms with Crippen molar-refractivity contribution >= 4 is 34.9 Å². The molecule has 1 spiro atoms. The zero-order chi connectivity index (χ0) is 26.5. The van der Waals surface area contributed by atoms with Crippen molar-refractivity contribution in [2.75, 3.05) is 30.4 Å². The molecule has 1 aromatic heterocycles. The topological polar surface area (TPSA) is 76.5 Å². The summed E-state index contributed by atoms with van der Waals surface area (Å²) in [6.45, 7) is 0.911. The molecule has 0 radical (unpaired) electrons. The number of aryl methyl sites for hydroxylation is 1. The summed E-state index contributed by atoms with van der Waals surface area (Å²) in [6.07, 6.45) is 3.89. The zero-order valence-corrected chi connectivity index (χ0v) is 20.9. The van der Waals surface area contributed by atoms with Crippen LogP contribution in [0.2, 0.25) is 5.02 Å². The van der Waals surface area contributed by atoms with Crippen LogP contribution in [0.4, 0.5) is 24.5 Å². The monoisotopic (exact) mass is 532 g/mol. The van der Waals surface area contributed by atoms with E-state index in [1.54, 1.807) is 22.8 Å². The molecule has 2 aliphatic rings. The minimum absolute atomic E-state index is 0.00250. The van der Waals surface area contributed by atoms with Crippen LogP contribution in [0.15, 0.2) is 36.7 Å². The summed E-state index contributed by atoms with van der Waals surface area (Å²) in [4.78, 5) is 30.9. The van der Waals surface area contributed by atoms with Crippen molar-refractivity contribution in [2.24, 2.45) is 12.5 Å². The molecule has 0 bridgehead atoms. The maximum Gasteiger partial charge on any atom is 0.338 e. The number of nitrogens with one attached hydrogen (secondary N) is 1. The molecule has 1 aliphatic carbocycles. The van der Waals surface area contributed by atoms with E-state index in [4.69, 9.17) is 11.6 Å². The van der Waals surface area contributed by atoms with Crippen molar-refractivity contribution in [3.63, 3.8) is 0 Å². The molecule has 2 fully saturated rings. The summed E-state index contributed by atoms with van der Waals surface area (Å²) in [7, 11) is 2.87. The van der Waals surface area contributed by atoms with E-state index in [9.17, 15) is 22.8 Å². The molecule has 1 saturated carbocycles. The first-order chi connectivity index (χ1) is 17.6. The van der Waals surface area contributed by atoms with E-state index >= 15 is 0 Å². The van der Waals surface area contributed by atoms with Crippen LogP contribution >= 0.6 is 11.6 Å². The Kier molecular flexibility index (Phi) is 6.39. The van der Waals surface area contributed by atoms with Crippen LogP contribution in [0.1, 0.15) is 51.7 Å². The standard InChI is InChI=1S/C26H24ClF3N4O3/c1-33-13-31-21(23(33)24(35)32-16-3-4-18(28)17(27)9-16)14-5-6-26(10-14)11-34(12-26)22-19(29)7-15(8-20(22)30)25(36)37-2/h3-4,7-9,13-14H,5-6,10-12H2,1-2H3,(H,32,35). The molecule has 194 valence electrons. The number of imidazole rings is 1. The lowest BCUT2D eigenvalue weighted by molar-refractivity contribution is 0.0599. The third kappa shape index (κ3) is 4.54. The zero-order valence-electron chi connectivity index (χ0n) is 20.2. The highest BCUT2D eigenvalue weighted by molar-refractivity contribution is 6.31. The number of amides is 1. The lowest BCUT2D eigenvalue weighted by Crippen LogP contribution is -2.55. The average molecular weight is 533 g/mol. The Bertz CT molecular complexity index is 1380. The molecule has 1 aliphatic heterocycles. The number of ether oxygens (including phenoxy) is 1. The number of esters is 1. The molecule has 5 rings (SSSR count). The Hall–Kier alpha value is -3.53. The molecule has 3 aromatic rings. The number of nitrogens with zero attached hydrogens (tertiary/aromatic N) is 3. The molecular formula is C26H24ClF3N4O3. The highest BCUT2D eigenvalue weighted by Crippen LogP contribution is 2.53. The van der Waals surface area contributed by atoms with Gasteiger partial charge in [-0.15, -0.1) is 0 Å². The number of aromatic nitrogens is 2. The van der Waals surface area contributed by atoms with Crippen LogP contribution < -0.4 is 10.2 Å². The van der Waals surface area contributed by atoms with Gasteiger partial charge in [0, 0.05) is 37.2 Å². The second-order valence-corrected chi connectivity index (χ2v) is 10.2. The molecule has 1 unspecified atom stereocenters. The summed E-state index contributed by atoms with van der Waals surface area (Å²) in [5.74, 6) is -3.39. The molecule has 1 N–H and O–H groups in total. The number of methoxy groups -OCH3 is 1. The van der Waals surface area contributed by atoms with E-state index in [-0.39, 0.29) is 33.5 Å². The van der Waals surface area contributed by atoms with Crippen molar-refractivity contribution < 1.29 is 27.5 Å². The molecule has 1 atom stereocenters. The predicted molar refractivity (Wildman–Crippen MR) is 132 cm³/mol. The Balaban J connectivity index is 1.29. The first-order valence-corrected chi connectivity index (χ1v) is 12.1. The Morgan fingerprint density at radius 1 is 1.14 bits per heavy atom. The van der Waals surface area contributed by atoms with Crippen LogP contribution in [0.5, 0.6) is 0 Å². The quantitative estimate of drug-likeness (QED) is 0.451. The van der Waals surface area contributed by atoms with Crippen LogP contribution in [-0.2, 0) is 11.8 Å². The van der Waals surface area contributed by atoms with E-state index in [0.717, 1.165) is 32.1 Å². The van der Waals surface area contributed by atoms with Crippen molar-refractivity contribution in [3.8, 4) is 0 Å². The van der Waals surface area contributed by atoms with E-state index in [0.29, 0.717) is 36.6 Å². The fourth-order valence-corrected chi connectivity index (χ4v) is 5.72. The van der Waals surface area contributed by atoms with Crippen molar-refractivity contribution in [2.45, 2.75) is 25.2 Å². The van der Waals surface area contributed by atoms with Gasteiger partial charge in [0.05, 0.1) is 29.7 Å². The molecule has 1 amide bonds. The third-order valence-corrected chi connectivity index (χ3v) is 7.54. The SMILES string of the molecule is COC(=O)c1cc(F)c(N2CC3(CCC(c4ncn(C)c4C(=O)Nc4ccc(F)c(Cl)c4)C3)C2)c(F)c1. The van der Waals surface area contributed by atoms with Gasteiger partial charge in [-0.25, -0.2) is 22.9 Å². The number of carbonyl (C=O) groups excluding carboxylic acids is 2. The largest absolute Gasteiger partial charge is 0.465 e. The van der Waals surface area contributed by atoms with E-state index in [1.165, 1.54) is 18.2 Å². The summed E-state index contributed by atoms with van der Waals surface area (Å²) < 4.78 is 49.0. The fourth-order valence-electron chi connectivity index (χ4n) is 5.54. The average Bonchev–Trinajstić information content (AvgIpc) is 3.44. The van der Waals surface area contributed by atoms with Crippen LogP contribution in [0, 0.1) is 22.9 Å². The van der Waals surface area contributed by atoms with Gasteiger partial charge in [0.25, 0.3) is 5.91 Å². The maximum atomic E-state index is 14.7. The van der Waals surface area contributed by atoms with E-state index in [2.05, 4.69) is 15.0 Å². The number of benzene rings is 2. The summed E-state index contributed by atoms with van der Waals surface area (Å²) in [5.41, 5.74) is 0.931. The number of anilines is 2. The normalized spacial score (nSPS) is 18.1. The number of carbonyl (C=O) groups is 2. The summed E-state index contributed by atoms with van der Waals surface area (Å²) in [6, 6.07) is 5.92. The number of hydrogen-bond acceptors (Lipinski definition) is 5. The van der Waals surface area contributed by atoms with Gasteiger partial charge in [-0.05, 0) is 49.6 Å². The molecule has 7 nitrogen and oxygen atoms in total. The minimum Gasteiger partial charge on any atom is -0.465 e. The van der Waals surface area contributed by atoms with Gasteiger partial charge in [-0.1, -0.05) is 11.6 Å². The van der Waals surface area contributed by atoms with Crippen LogP contribution in [0.3, 0.4) is 0 Å². The smallest absolute Gasteiger partial charge is 0.338 e. The molecule has 37 heavy (non-hydrogen) atoms. The Morgan fingerprint density at radius 2 is 1.84 bits per heavy atom. The van der Waals surface area contributed by atoms with E-state index < -0.39 is 23.4 Å². The third-order valence-electron chi connectivity index (χ3n) is 7.25. The van der Waals surface area contributed by atoms with Crippen LogP contribution in [-0.4, -0.2) is 41.6 Å². The number of halogens is 4. The molecular weight excluding hydrogens is 509 g/mol. The molecule has 2 heterocycles.